The molecule has 10 aromatic rings. The van der Waals surface area contributed by atoms with E-state index >= 15 is 0 Å². The van der Waals surface area contributed by atoms with Gasteiger partial charge in [0.25, 0.3) is 0 Å². The largest absolute Gasteiger partial charge is 0.311 e. The van der Waals surface area contributed by atoms with Crippen molar-refractivity contribution in [2.24, 2.45) is 0 Å². The number of fused-ring (bicyclic) bond motifs is 9. The second-order valence-corrected chi connectivity index (χ2v) is 13.7. The van der Waals surface area contributed by atoms with Crippen molar-refractivity contribution in [3.8, 4) is 11.4 Å². The van der Waals surface area contributed by atoms with E-state index in [1.807, 2.05) is 0 Å². The van der Waals surface area contributed by atoms with Gasteiger partial charge in [-0.1, -0.05) is 145 Å². The predicted octanol–water partition coefficient (Wildman–Crippen LogP) is 10.2. The molecule has 2 aromatic heterocycles. The van der Waals surface area contributed by atoms with E-state index in [1.165, 1.54) is 71.4 Å². The number of hydrogen-bond acceptors (Lipinski definition) is 1. The standard InChI is InChI=1S/C48H32BN3/c1-4-16-33(17-5-1)49-41-24-12-15-27-45(41)50(34-18-6-2-7-19-34)46-32-36(28-31-42(46)49)52-44-26-14-11-23-38(44)40-30-29-39-37-22-10-13-25-43(37)51(47(39)48(40)52)35-20-8-3-9-21-35/h1-32H. The van der Waals surface area contributed by atoms with Crippen LogP contribution in [-0.4, -0.2) is 15.8 Å². The van der Waals surface area contributed by atoms with Gasteiger partial charge >= 0.3 is 0 Å². The van der Waals surface area contributed by atoms with E-state index in [2.05, 4.69) is 208 Å². The van der Waals surface area contributed by atoms with Crippen LogP contribution in [0.3, 0.4) is 0 Å². The minimum atomic E-state index is 0.104. The predicted molar refractivity (Wildman–Crippen MR) is 221 cm³/mol. The number of rotatable bonds is 4. The molecule has 0 aliphatic carbocycles. The van der Waals surface area contributed by atoms with Crippen LogP contribution in [0.2, 0.25) is 0 Å². The molecule has 1 aliphatic rings. The summed E-state index contributed by atoms with van der Waals surface area (Å²) in [5.41, 5.74) is 14.6. The summed E-state index contributed by atoms with van der Waals surface area (Å²) >= 11 is 0. The van der Waals surface area contributed by atoms with Gasteiger partial charge in [0, 0.05) is 50.0 Å². The first kappa shape index (κ1) is 29.0. The molecule has 0 saturated carbocycles. The topological polar surface area (TPSA) is 13.1 Å². The number of anilines is 3. The van der Waals surface area contributed by atoms with Gasteiger partial charge in [-0.2, -0.15) is 0 Å². The highest BCUT2D eigenvalue weighted by atomic mass is 15.2. The number of para-hydroxylation sites is 5. The average molecular weight is 662 g/mol. The van der Waals surface area contributed by atoms with Crippen molar-refractivity contribution in [3.05, 3.63) is 194 Å². The van der Waals surface area contributed by atoms with Crippen LogP contribution in [0, 0.1) is 0 Å². The Kier molecular flexibility index (Phi) is 6.35. The molecule has 0 saturated heterocycles. The summed E-state index contributed by atoms with van der Waals surface area (Å²) in [6, 6.07) is 70.9. The van der Waals surface area contributed by atoms with Gasteiger partial charge in [-0.05, 0) is 65.5 Å². The van der Waals surface area contributed by atoms with Crippen LogP contribution in [0.25, 0.3) is 55.0 Å². The summed E-state index contributed by atoms with van der Waals surface area (Å²) in [7, 11) is 0. The second kappa shape index (κ2) is 11.4. The van der Waals surface area contributed by atoms with E-state index in [9.17, 15) is 0 Å². The van der Waals surface area contributed by atoms with Crippen LogP contribution in [0.4, 0.5) is 17.1 Å². The van der Waals surface area contributed by atoms with Crippen LogP contribution >= 0.6 is 0 Å². The van der Waals surface area contributed by atoms with Crippen molar-refractivity contribution < 1.29 is 0 Å². The summed E-state index contributed by atoms with van der Waals surface area (Å²) < 4.78 is 4.96. The fourth-order valence-electron chi connectivity index (χ4n) is 8.82. The molecule has 8 aromatic carbocycles. The maximum absolute atomic E-state index is 2.51. The first-order valence-electron chi connectivity index (χ1n) is 18.0. The first-order valence-corrected chi connectivity index (χ1v) is 18.0. The lowest BCUT2D eigenvalue weighted by molar-refractivity contribution is 1.15. The molecule has 0 amide bonds. The zero-order valence-corrected chi connectivity index (χ0v) is 28.4. The summed E-state index contributed by atoms with van der Waals surface area (Å²) in [6.07, 6.45) is 0. The second-order valence-electron chi connectivity index (χ2n) is 13.7. The first-order chi connectivity index (χ1) is 25.8. The van der Waals surface area contributed by atoms with E-state index in [-0.39, 0.29) is 6.71 Å². The maximum atomic E-state index is 2.51. The summed E-state index contributed by atoms with van der Waals surface area (Å²) in [6.45, 7) is 0.104. The van der Waals surface area contributed by atoms with E-state index < -0.39 is 0 Å². The fraction of sp³-hybridized carbons (Fsp3) is 0. The minimum Gasteiger partial charge on any atom is -0.311 e. The third-order valence-corrected chi connectivity index (χ3v) is 10.9. The van der Waals surface area contributed by atoms with E-state index in [0.717, 1.165) is 17.1 Å². The van der Waals surface area contributed by atoms with Gasteiger partial charge < -0.3 is 14.0 Å². The Morgan fingerprint density at radius 3 is 1.48 bits per heavy atom. The van der Waals surface area contributed by atoms with Gasteiger partial charge in [-0.3, -0.25) is 0 Å². The molecular formula is C48H32BN3. The van der Waals surface area contributed by atoms with E-state index in [1.54, 1.807) is 0 Å². The molecule has 0 atom stereocenters. The van der Waals surface area contributed by atoms with Crippen molar-refractivity contribution in [1.82, 2.24) is 9.13 Å². The van der Waals surface area contributed by atoms with Gasteiger partial charge in [0.1, 0.15) is 0 Å². The molecule has 0 fully saturated rings. The lowest BCUT2D eigenvalue weighted by Gasteiger charge is -2.37. The third kappa shape index (κ3) is 4.15. The molecule has 0 bridgehead atoms. The monoisotopic (exact) mass is 661 g/mol. The van der Waals surface area contributed by atoms with Gasteiger partial charge in [-0.25, -0.2) is 0 Å². The van der Waals surface area contributed by atoms with Gasteiger partial charge in [-0.15, -0.1) is 0 Å². The fourth-order valence-corrected chi connectivity index (χ4v) is 8.82. The third-order valence-electron chi connectivity index (χ3n) is 10.9. The molecule has 0 unspecified atom stereocenters. The smallest absolute Gasteiger partial charge is 0.246 e. The highest BCUT2D eigenvalue weighted by Crippen LogP contribution is 2.43. The number of aromatic nitrogens is 2. The number of hydrogen-bond donors (Lipinski definition) is 0. The highest BCUT2D eigenvalue weighted by molar-refractivity contribution is 6.98. The van der Waals surface area contributed by atoms with Gasteiger partial charge in [0.15, 0.2) is 0 Å². The molecule has 0 spiro atoms. The molecule has 3 heterocycles. The van der Waals surface area contributed by atoms with Crippen molar-refractivity contribution in [1.29, 1.82) is 0 Å². The molecular weight excluding hydrogens is 629 g/mol. The quantitative estimate of drug-likeness (QED) is 0.171. The molecule has 1 aliphatic heterocycles. The Hall–Kier alpha value is -6.78. The van der Waals surface area contributed by atoms with Crippen molar-refractivity contribution >= 4 is 83.8 Å². The molecule has 3 nitrogen and oxygen atoms in total. The lowest BCUT2D eigenvalue weighted by atomic mass is 9.35. The maximum Gasteiger partial charge on any atom is 0.246 e. The lowest BCUT2D eigenvalue weighted by Crippen LogP contribution is -2.57. The normalized spacial score (nSPS) is 12.5. The Labute approximate surface area is 302 Å². The molecule has 11 rings (SSSR count). The Balaban J connectivity index is 1.27. The van der Waals surface area contributed by atoms with Crippen molar-refractivity contribution in [3.63, 3.8) is 0 Å². The highest BCUT2D eigenvalue weighted by Gasteiger charge is 2.35. The van der Waals surface area contributed by atoms with Crippen LogP contribution in [0.1, 0.15) is 0 Å². The Bertz CT molecular complexity index is 2960. The zero-order valence-electron chi connectivity index (χ0n) is 28.4. The Morgan fingerprint density at radius 2 is 0.827 bits per heavy atom. The SMILES string of the molecule is c1ccc(B2c3ccccc3N(c3ccccc3)c3cc(-n4c5ccccc5c5ccc6c7ccccc7n(-c7ccccc7)c6c54)ccc32)cc1. The van der Waals surface area contributed by atoms with Crippen LogP contribution in [0.15, 0.2) is 194 Å². The van der Waals surface area contributed by atoms with Gasteiger partial charge in [0.05, 0.1) is 22.1 Å². The van der Waals surface area contributed by atoms with Gasteiger partial charge in [0.2, 0.25) is 6.71 Å². The molecule has 4 heteroatoms. The van der Waals surface area contributed by atoms with E-state index in [0.29, 0.717) is 0 Å². The number of benzene rings is 8. The summed E-state index contributed by atoms with van der Waals surface area (Å²) in [5, 5.41) is 4.99. The molecule has 0 radical (unpaired) electrons. The van der Waals surface area contributed by atoms with Crippen LogP contribution in [0.5, 0.6) is 0 Å². The summed E-state index contributed by atoms with van der Waals surface area (Å²) in [5.74, 6) is 0. The molecule has 52 heavy (non-hydrogen) atoms. The molecule has 0 N–H and O–H groups in total. The van der Waals surface area contributed by atoms with Crippen molar-refractivity contribution in [2.75, 3.05) is 4.90 Å². The van der Waals surface area contributed by atoms with Crippen molar-refractivity contribution in [2.45, 2.75) is 0 Å². The summed E-state index contributed by atoms with van der Waals surface area (Å²) in [4.78, 5) is 2.46. The molecule has 242 valence electrons. The minimum absolute atomic E-state index is 0.104. The van der Waals surface area contributed by atoms with E-state index in [4.69, 9.17) is 0 Å². The Morgan fingerprint density at radius 1 is 0.327 bits per heavy atom. The number of nitrogens with zero attached hydrogens (tertiary/aromatic N) is 3. The van der Waals surface area contributed by atoms with Crippen LogP contribution in [-0.2, 0) is 0 Å². The zero-order chi connectivity index (χ0) is 34.2. The average Bonchev–Trinajstić information content (AvgIpc) is 3.74. The van der Waals surface area contributed by atoms with Crippen LogP contribution < -0.4 is 21.3 Å².